The highest BCUT2D eigenvalue weighted by molar-refractivity contribution is 7.99. The number of pyridine rings is 1. The van der Waals surface area contributed by atoms with Crippen molar-refractivity contribution in [2.45, 2.75) is 62.4 Å². The first-order valence-electron chi connectivity index (χ1n) is 17.1. The predicted octanol–water partition coefficient (Wildman–Crippen LogP) is 7.59. The molecule has 0 radical (unpaired) electrons. The van der Waals surface area contributed by atoms with Gasteiger partial charge in [-0.15, -0.1) is 11.8 Å². The molecule has 3 unspecified atom stereocenters. The first kappa shape index (κ1) is 35.8. The van der Waals surface area contributed by atoms with Crippen LogP contribution in [-0.4, -0.2) is 33.8 Å². The van der Waals surface area contributed by atoms with Gasteiger partial charge in [0.1, 0.15) is 0 Å². The molecule has 9 nitrogen and oxygen atoms in total. The number of aromatic nitrogens is 1. The number of amides is 2. The molecule has 10 heteroatoms. The molecule has 3 atom stereocenters. The van der Waals surface area contributed by atoms with E-state index >= 15 is 0 Å². The van der Waals surface area contributed by atoms with Gasteiger partial charge in [0.05, 0.1) is 35.2 Å². The van der Waals surface area contributed by atoms with Crippen LogP contribution in [0.25, 0.3) is 11.1 Å². The number of hydrogen-bond acceptors (Lipinski definition) is 8. The number of nitrogens with two attached hydrogens (primary N) is 1. The Morgan fingerprint density at radius 2 is 1.57 bits per heavy atom. The molecule has 262 valence electrons. The van der Waals surface area contributed by atoms with Crippen LogP contribution in [0.1, 0.15) is 60.3 Å². The number of ether oxygens (including phenoxy) is 2. The number of hydrogen-bond donors (Lipinski definition) is 4. The Labute approximate surface area is 302 Å². The standard InChI is InChI=1S/C41H42N4O5S/c42-35-12-1-2-13-36(35)45-39(48)15-7-14-38(47)44-25-29-8-5-9-31(22-29)32-10-6-11-33(23-32)41-49-34(27-51-40-16-3-4-21-43-40)24-37(50-41)30-19-17-28(26-46)18-20-30/h1-6,8-13,16-23,34,37,41,46H,7,14-15,24-27,42H2,(H,44,47)(H,45,48). The first-order valence-corrected chi connectivity index (χ1v) is 18.1. The van der Waals surface area contributed by atoms with Gasteiger partial charge in [-0.2, -0.15) is 0 Å². The third-order valence-corrected chi connectivity index (χ3v) is 9.70. The number of para-hydroxylation sites is 2. The molecule has 0 saturated carbocycles. The second-order valence-electron chi connectivity index (χ2n) is 12.4. The average Bonchev–Trinajstić information content (AvgIpc) is 3.17. The van der Waals surface area contributed by atoms with Crippen LogP contribution in [0.3, 0.4) is 0 Å². The van der Waals surface area contributed by atoms with Gasteiger partial charge in [-0.1, -0.05) is 78.9 Å². The summed E-state index contributed by atoms with van der Waals surface area (Å²) in [6.45, 7) is 0.369. The minimum atomic E-state index is -0.579. The predicted molar refractivity (Wildman–Crippen MR) is 200 cm³/mol. The van der Waals surface area contributed by atoms with Crippen LogP contribution in [-0.2, 0) is 32.2 Å². The van der Waals surface area contributed by atoms with E-state index in [0.717, 1.165) is 44.2 Å². The summed E-state index contributed by atoms with van der Waals surface area (Å²) in [5.41, 5.74) is 12.8. The number of carbonyl (C=O) groups is 2. The Hall–Kier alpha value is -5.00. The SMILES string of the molecule is Nc1ccccc1NC(=O)CCCC(=O)NCc1cccc(-c2cccc(C3OC(CSc4ccccn4)CC(c4ccc(CO)cc4)O3)c2)c1. The third kappa shape index (κ3) is 10.3. The highest BCUT2D eigenvalue weighted by Gasteiger charge is 2.32. The molecule has 1 saturated heterocycles. The number of aliphatic hydroxyl groups is 1. The molecule has 51 heavy (non-hydrogen) atoms. The van der Waals surface area contributed by atoms with E-state index in [-0.39, 0.29) is 43.5 Å². The van der Waals surface area contributed by atoms with E-state index in [1.165, 1.54) is 0 Å². The Morgan fingerprint density at radius 1 is 0.804 bits per heavy atom. The molecule has 0 bridgehead atoms. The van der Waals surface area contributed by atoms with Crippen molar-refractivity contribution in [1.82, 2.24) is 10.3 Å². The highest BCUT2D eigenvalue weighted by atomic mass is 32.2. The van der Waals surface area contributed by atoms with Gasteiger partial charge in [0.25, 0.3) is 0 Å². The van der Waals surface area contributed by atoms with Crippen LogP contribution in [0.5, 0.6) is 0 Å². The van der Waals surface area contributed by atoms with Gasteiger partial charge in [-0.3, -0.25) is 9.59 Å². The summed E-state index contributed by atoms with van der Waals surface area (Å²) < 4.78 is 13.2. The number of nitrogens with one attached hydrogen (secondary N) is 2. The molecule has 2 amide bonds. The van der Waals surface area contributed by atoms with Crippen molar-refractivity contribution in [3.63, 3.8) is 0 Å². The van der Waals surface area contributed by atoms with Gasteiger partial charge in [0.15, 0.2) is 6.29 Å². The van der Waals surface area contributed by atoms with E-state index in [1.807, 2.05) is 78.9 Å². The van der Waals surface area contributed by atoms with E-state index in [2.05, 4.69) is 33.8 Å². The Bertz CT molecular complexity index is 1910. The van der Waals surface area contributed by atoms with Gasteiger partial charge < -0.3 is 30.9 Å². The molecular weight excluding hydrogens is 661 g/mol. The summed E-state index contributed by atoms with van der Waals surface area (Å²) in [7, 11) is 0. The lowest BCUT2D eigenvalue weighted by Gasteiger charge is -2.36. The molecule has 4 aromatic carbocycles. The second-order valence-corrected chi connectivity index (χ2v) is 13.5. The third-order valence-electron chi connectivity index (χ3n) is 8.62. The van der Waals surface area contributed by atoms with Crippen molar-refractivity contribution in [1.29, 1.82) is 0 Å². The molecule has 6 rings (SSSR count). The largest absolute Gasteiger partial charge is 0.397 e. The van der Waals surface area contributed by atoms with Crippen LogP contribution < -0.4 is 16.4 Å². The zero-order valence-corrected chi connectivity index (χ0v) is 29.1. The smallest absolute Gasteiger partial charge is 0.224 e. The minimum absolute atomic E-state index is 0.00650. The molecule has 1 aliphatic rings. The number of benzene rings is 4. The second kappa shape index (κ2) is 17.8. The quantitative estimate of drug-likeness (QED) is 0.0687. The van der Waals surface area contributed by atoms with Gasteiger partial charge >= 0.3 is 0 Å². The molecular formula is C41H42N4O5S. The molecule has 1 aliphatic heterocycles. The number of aliphatic hydroxyl groups excluding tert-OH is 1. The lowest BCUT2D eigenvalue weighted by atomic mass is 9.99. The maximum Gasteiger partial charge on any atom is 0.224 e. The molecule has 0 aliphatic carbocycles. The number of anilines is 2. The number of nitrogens with zero attached hydrogens (tertiary/aromatic N) is 1. The zero-order chi connectivity index (χ0) is 35.4. The number of rotatable bonds is 14. The number of carbonyl (C=O) groups excluding carboxylic acids is 2. The van der Waals surface area contributed by atoms with E-state index in [4.69, 9.17) is 15.2 Å². The van der Waals surface area contributed by atoms with Crippen molar-refractivity contribution in [2.75, 3.05) is 16.8 Å². The lowest BCUT2D eigenvalue weighted by molar-refractivity contribution is -0.245. The van der Waals surface area contributed by atoms with E-state index in [0.29, 0.717) is 30.8 Å². The van der Waals surface area contributed by atoms with Crippen LogP contribution in [0, 0.1) is 0 Å². The monoisotopic (exact) mass is 702 g/mol. The van der Waals surface area contributed by atoms with Crippen molar-refractivity contribution in [3.8, 4) is 11.1 Å². The maximum atomic E-state index is 12.6. The van der Waals surface area contributed by atoms with E-state index < -0.39 is 6.29 Å². The average molecular weight is 703 g/mol. The molecule has 2 heterocycles. The van der Waals surface area contributed by atoms with Crippen LogP contribution in [0.4, 0.5) is 11.4 Å². The van der Waals surface area contributed by atoms with Gasteiger partial charge in [0.2, 0.25) is 11.8 Å². The van der Waals surface area contributed by atoms with Gasteiger partial charge in [-0.25, -0.2) is 4.98 Å². The fourth-order valence-electron chi connectivity index (χ4n) is 5.88. The molecule has 5 N–H and O–H groups in total. The van der Waals surface area contributed by atoms with Crippen LogP contribution in [0.2, 0.25) is 0 Å². The summed E-state index contributed by atoms with van der Waals surface area (Å²) in [4.78, 5) is 29.3. The topological polar surface area (TPSA) is 136 Å². The van der Waals surface area contributed by atoms with Crippen molar-refractivity contribution < 1.29 is 24.2 Å². The minimum Gasteiger partial charge on any atom is -0.397 e. The zero-order valence-electron chi connectivity index (χ0n) is 28.2. The van der Waals surface area contributed by atoms with Gasteiger partial charge in [0, 0.05) is 43.3 Å². The first-order chi connectivity index (χ1) is 24.9. The number of nitrogen functional groups attached to an aromatic ring is 1. The van der Waals surface area contributed by atoms with E-state index in [1.54, 1.807) is 36.2 Å². The summed E-state index contributed by atoms with van der Waals surface area (Å²) in [5.74, 6) is 0.439. The highest BCUT2D eigenvalue weighted by Crippen LogP contribution is 2.40. The molecule has 1 fully saturated rings. The number of thioether (sulfide) groups is 1. The lowest BCUT2D eigenvalue weighted by Crippen LogP contribution is -2.31. The van der Waals surface area contributed by atoms with Crippen molar-refractivity contribution in [2.24, 2.45) is 0 Å². The molecule has 5 aromatic rings. The summed E-state index contributed by atoms with van der Waals surface area (Å²) >= 11 is 1.67. The maximum absolute atomic E-state index is 12.6. The summed E-state index contributed by atoms with van der Waals surface area (Å²) in [6, 6.07) is 37.1. The summed E-state index contributed by atoms with van der Waals surface area (Å²) in [6.07, 6.45) is 2.55. The fourth-order valence-corrected chi connectivity index (χ4v) is 6.76. The fraction of sp³-hybridized carbons (Fsp3) is 0.244. The van der Waals surface area contributed by atoms with Crippen LogP contribution in [0.15, 0.2) is 126 Å². The van der Waals surface area contributed by atoms with E-state index in [9.17, 15) is 14.7 Å². The Balaban J connectivity index is 1.07. The van der Waals surface area contributed by atoms with Crippen molar-refractivity contribution in [3.05, 3.63) is 144 Å². The Kier molecular flexibility index (Phi) is 12.5. The van der Waals surface area contributed by atoms with Crippen LogP contribution >= 0.6 is 11.8 Å². The normalized spacial score (nSPS) is 17.1. The Morgan fingerprint density at radius 3 is 2.35 bits per heavy atom. The molecule has 0 spiro atoms. The summed E-state index contributed by atoms with van der Waals surface area (Å²) in [5, 5.41) is 16.3. The van der Waals surface area contributed by atoms with Crippen molar-refractivity contribution >= 4 is 35.0 Å². The molecule has 1 aromatic heterocycles. The van der Waals surface area contributed by atoms with Gasteiger partial charge in [-0.05, 0) is 70.6 Å².